The second-order valence-corrected chi connectivity index (χ2v) is 3.97. The van der Waals surface area contributed by atoms with Gasteiger partial charge in [0.25, 0.3) is 0 Å². The lowest BCUT2D eigenvalue weighted by atomic mass is 9.93. The Morgan fingerprint density at radius 1 is 1.27 bits per heavy atom. The number of fused-ring (bicyclic) bond motifs is 1. The summed E-state index contributed by atoms with van der Waals surface area (Å²) in [4.78, 5) is 15.2. The van der Waals surface area contributed by atoms with E-state index in [0.29, 0.717) is 0 Å². The van der Waals surface area contributed by atoms with Crippen molar-refractivity contribution in [1.82, 2.24) is 10.3 Å². The minimum Gasteiger partial charge on any atom is -0.360 e. The summed E-state index contributed by atoms with van der Waals surface area (Å²) in [7, 11) is 0. The summed E-state index contributed by atoms with van der Waals surface area (Å²) in [5.74, 6) is 0.426. The highest BCUT2D eigenvalue weighted by atomic mass is 16.1. The maximum Gasteiger partial charge on any atom is 0.170 e. The van der Waals surface area contributed by atoms with Gasteiger partial charge in [0.05, 0.1) is 0 Å². The summed E-state index contributed by atoms with van der Waals surface area (Å²) in [6.07, 6.45) is 1.82. The molecule has 2 N–H and O–H groups in total. The summed E-state index contributed by atoms with van der Waals surface area (Å²) >= 11 is 0. The molecule has 1 aromatic carbocycles. The number of aromatic amines is 1. The van der Waals surface area contributed by atoms with E-state index < -0.39 is 0 Å². The number of Topliss-reactive ketones (excluding diaryl/α,β-unsaturated/α-hetero) is 1. The lowest BCUT2D eigenvalue weighted by Crippen LogP contribution is -2.46. The fourth-order valence-electron chi connectivity index (χ4n) is 1.97. The summed E-state index contributed by atoms with van der Waals surface area (Å²) in [6, 6.07) is 7.92. The van der Waals surface area contributed by atoms with Gasteiger partial charge in [-0.05, 0) is 6.07 Å². The molecule has 2 heterocycles. The number of hydrogen-bond acceptors (Lipinski definition) is 2. The van der Waals surface area contributed by atoms with Crippen LogP contribution >= 0.6 is 0 Å². The van der Waals surface area contributed by atoms with E-state index in [1.54, 1.807) is 0 Å². The van der Waals surface area contributed by atoms with Crippen LogP contribution < -0.4 is 5.32 Å². The van der Waals surface area contributed by atoms with Crippen LogP contribution in [0.15, 0.2) is 30.5 Å². The molecule has 1 fully saturated rings. The average molecular weight is 200 g/mol. The van der Waals surface area contributed by atoms with Crippen molar-refractivity contribution < 1.29 is 4.79 Å². The molecule has 15 heavy (non-hydrogen) atoms. The number of ketones is 1. The number of carbonyl (C=O) groups excluding carboxylic acids is 1. The molecule has 2 aromatic rings. The molecule has 3 heteroatoms. The van der Waals surface area contributed by atoms with Gasteiger partial charge in [-0.15, -0.1) is 0 Å². The Morgan fingerprint density at radius 3 is 2.80 bits per heavy atom. The first-order valence-electron chi connectivity index (χ1n) is 5.17. The molecular formula is C12H12N2O. The van der Waals surface area contributed by atoms with Gasteiger partial charge < -0.3 is 10.3 Å². The number of rotatable bonds is 2. The van der Waals surface area contributed by atoms with Crippen LogP contribution in [-0.4, -0.2) is 23.9 Å². The summed E-state index contributed by atoms with van der Waals surface area (Å²) in [5, 5.41) is 4.16. The van der Waals surface area contributed by atoms with Crippen molar-refractivity contribution in [3.63, 3.8) is 0 Å². The van der Waals surface area contributed by atoms with E-state index >= 15 is 0 Å². The number of para-hydroxylation sites is 1. The van der Waals surface area contributed by atoms with Gasteiger partial charge in [-0.1, -0.05) is 18.2 Å². The number of H-pyrrole nitrogens is 1. The van der Waals surface area contributed by atoms with Gasteiger partial charge in [-0.3, -0.25) is 4.79 Å². The predicted molar refractivity (Wildman–Crippen MR) is 59.0 cm³/mol. The summed E-state index contributed by atoms with van der Waals surface area (Å²) < 4.78 is 0. The van der Waals surface area contributed by atoms with Crippen molar-refractivity contribution in [2.24, 2.45) is 5.92 Å². The topological polar surface area (TPSA) is 44.9 Å². The molecule has 3 rings (SSSR count). The zero-order valence-electron chi connectivity index (χ0n) is 8.29. The van der Waals surface area contributed by atoms with E-state index in [4.69, 9.17) is 0 Å². The Labute approximate surface area is 87.5 Å². The van der Waals surface area contributed by atoms with Crippen LogP contribution in [0.4, 0.5) is 0 Å². The first-order chi connectivity index (χ1) is 7.36. The lowest BCUT2D eigenvalue weighted by Gasteiger charge is -2.25. The fraction of sp³-hybridized carbons (Fsp3) is 0.250. The number of benzene rings is 1. The first-order valence-corrected chi connectivity index (χ1v) is 5.17. The van der Waals surface area contributed by atoms with Crippen LogP contribution in [-0.2, 0) is 0 Å². The van der Waals surface area contributed by atoms with E-state index in [1.165, 1.54) is 0 Å². The van der Waals surface area contributed by atoms with Crippen LogP contribution in [0.25, 0.3) is 10.9 Å². The molecule has 0 bridgehead atoms. The van der Waals surface area contributed by atoms with Crippen LogP contribution in [0.2, 0.25) is 0 Å². The van der Waals surface area contributed by atoms with Crippen molar-refractivity contribution in [3.8, 4) is 0 Å². The first kappa shape index (κ1) is 8.68. The van der Waals surface area contributed by atoms with Crippen LogP contribution in [0, 0.1) is 5.92 Å². The second kappa shape index (κ2) is 3.21. The van der Waals surface area contributed by atoms with Crippen LogP contribution in [0.3, 0.4) is 0 Å². The Bertz CT molecular complexity index is 511. The monoisotopic (exact) mass is 200 g/mol. The van der Waals surface area contributed by atoms with Crippen LogP contribution in [0.1, 0.15) is 10.4 Å². The van der Waals surface area contributed by atoms with Crippen molar-refractivity contribution in [2.75, 3.05) is 13.1 Å². The highest BCUT2D eigenvalue weighted by Crippen LogP contribution is 2.21. The quantitative estimate of drug-likeness (QED) is 0.723. The van der Waals surface area contributed by atoms with Gasteiger partial charge in [-0.2, -0.15) is 0 Å². The fourth-order valence-corrected chi connectivity index (χ4v) is 1.97. The molecule has 76 valence electrons. The van der Waals surface area contributed by atoms with Crippen molar-refractivity contribution in [1.29, 1.82) is 0 Å². The second-order valence-electron chi connectivity index (χ2n) is 3.97. The predicted octanol–water partition coefficient (Wildman–Crippen LogP) is 1.57. The van der Waals surface area contributed by atoms with Crippen molar-refractivity contribution >= 4 is 16.7 Å². The van der Waals surface area contributed by atoms with E-state index in [1.807, 2.05) is 30.5 Å². The third-order valence-electron chi connectivity index (χ3n) is 3.01. The number of hydrogen-bond donors (Lipinski definition) is 2. The van der Waals surface area contributed by atoms with Gasteiger partial charge in [0, 0.05) is 41.7 Å². The Morgan fingerprint density at radius 2 is 2.07 bits per heavy atom. The molecule has 0 unspecified atom stereocenters. The largest absolute Gasteiger partial charge is 0.360 e. The van der Waals surface area contributed by atoms with Crippen molar-refractivity contribution in [2.45, 2.75) is 0 Å². The van der Waals surface area contributed by atoms with E-state index in [-0.39, 0.29) is 11.7 Å². The molecule has 0 radical (unpaired) electrons. The molecule has 0 saturated carbocycles. The van der Waals surface area contributed by atoms with Gasteiger partial charge in [0.1, 0.15) is 0 Å². The van der Waals surface area contributed by atoms with Crippen molar-refractivity contribution in [3.05, 3.63) is 36.0 Å². The van der Waals surface area contributed by atoms with Gasteiger partial charge >= 0.3 is 0 Å². The van der Waals surface area contributed by atoms with E-state index in [2.05, 4.69) is 10.3 Å². The molecule has 1 saturated heterocycles. The molecule has 0 atom stereocenters. The molecule has 0 spiro atoms. The molecule has 1 aliphatic rings. The van der Waals surface area contributed by atoms with Gasteiger partial charge in [-0.25, -0.2) is 0 Å². The maximum atomic E-state index is 12.0. The molecular weight excluding hydrogens is 188 g/mol. The third kappa shape index (κ3) is 1.27. The Kier molecular flexibility index (Phi) is 1.86. The SMILES string of the molecule is O=C(c1c[nH]c2ccccc12)C1CNC1. The minimum absolute atomic E-state index is 0.171. The molecule has 1 aromatic heterocycles. The standard InChI is InChI=1S/C12H12N2O/c15-12(8-5-13-6-8)10-7-14-11-4-2-1-3-9(10)11/h1-4,7-8,13-14H,5-6H2. The van der Waals surface area contributed by atoms with E-state index in [0.717, 1.165) is 29.6 Å². The molecule has 0 amide bonds. The van der Waals surface area contributed by atoms with E-state index in [9.17, 15) is 4.79 Å². The number of aromatic nitrogens is 1. The zero-order chi connectivity index (χ0) is 10.3. The smallest absolute Gasteiger partial charge is 0.170 e. The minimum atomic E-state index is 0.171. The maximum absolute atomic E-state index is 12.0. The van der Waals surface area contributed by atoms with Gasteiger partial charge in [0.2, 0.25) is 0 Å². The highest BCUT2D eigenvalue weighted by Gasteiger charge is 2.27. The average Bonchev–Trinajstić information content (AvgIpc) is 2.58. The molecule has 3 nitrogen and oxygen atoms in total. The third-order valence-corrected chi connectivity index (χ3v) is 3.01. The number of nitrogens with one attached hydrogen (secondary N) is 2. The number of carbonyl (C=O) groups is 1. The molecule has 0 aliphatic carbocycles. The lowest BCUT2D eigenvalue weighted by molar-refractivity contribution is 0.0880. The summed E-state index contributed by atoms with van der Waals surface area (Å²) in [6.45, 7) is 1.64. The highest BCUT2D eigenvalue weighted by molar-refractivity contribution is 6.09. The van der Waals surface area contributed by atoms with Crippen LogP contribution in [0.5, 0.6) is 0 Å². The Hall–Kier alpha value is -1.61. The zero-order valence-corrected chi connectivity index (χ0v) is 8.29. The van der Waals surface area contributed by atoms with Gasteiger partial charge in [0.15, 0.2) is 5.78 Å². The summed E-state index contributed by atoms with van der Waals surface area (Å²) in [5.41, 5.74) is 1.87. The normalized spacial score (nSPS) is 16.5. The Balaban J connectivity index is 2.06. The molecule has 1 aliphatic heterocycles.